The number of imide groups is 1. The first-order chi connectivity index (χ1) is 7.70. The van der Waals surface area contributed by atoms with Crippen LogP contribution in [0.5, 0.6) is 0 Å². The van der Waals surface area contributed by atoms with E-state index >= 15 is 0 Å². The fourth-order valence-electron chi connectivity index (χ4n) is 1.79. The minimum absolute atomic E-state index is 0.0592. The number of ether oxygens (including phenoxy) is 1. The second-order valence-electron chi connectivity index (χ2n) is 3.94. The van der Waals surface area contributed by atoms with Gasteiger partial charge in [-0.2, -0.15) is 0 Å². The predicted molar refractivity (Wildman–Crippen MR) is 59.9 cm³/mol. The Morgan fingerprint density at radius 3 is 2.88 bits per heavy atom. The van der Waals surface area contributed by atoms with Crippen LogP contribution in [-0.4, -0.2) is 49.6 Å². The van der Waals surface area contributed by atoms with Gasteiger partial charge in [0, 0.05) is 20.3 Å². The first-order valence-electron chi connectivity index (χ1n) is 5.77. The topological polar surface area (TPSA) is 58.6 Å². The number of hydrogen-bond acceptors (Lipinski definition) is 4. The quantitative estimate of drug-likeness (QED) is 0.498. The molecule has 1 heterocycles. The Hall–Kier alpha value is -0.940. The molecule has 1 unspecified atom stereocenters. The molecule has 1 N–H and O–H groups in total. The van der Waals surface area contributed by atoms with Crippen LogP contribution in [0.3, 0.4) is 0 Å². The third kappa shape index (κ3) is 3.28. The Bertz CT molecular complexity index is 256. The predicted octanol–water partition coefficient (Wildman–Crippen LogP) is 0.150. The second kappa shape index (κ2) is 6.60. The molecule has 1 saturated heterocycles. The number of nitrogens with one attached hydrogen (secondary N) is 1. The molecule has 0 aliphatic carbocycles. The van der Waals surface area contributed by atoms with E-state index in [9.17, 15) is 9.59 Å². The van der Waals surface area contributed by atoms with Gasteiger partial charge in [0.05, 0.1) is 12.5 Å². The summed E-state index contributed by atoms with van der Waals surface area (Å²) in [5.74, 6) is -0.139. The normalized spacial score (nSPS) is 20.9. The van der Waals surface area contributed by atoms with Crippen LogP contribution in [0.4, 0.5) is 0 Å². The summed E-state index contributed by atoms with van der Waals surface area (Å²) in [6.07, 6.45) is 1.96. The van der Waals surface area contributed by atoms with Gasteiger partial charge < -0.3 is 10.1 Å². The molecule has 0 aromatic carbocycles. The Balaban J connectivity index is 2.34. The monoisotopic (exact) mass is 228 g/mol. The smallest absolute Gasteiger partial charge is 0.246 e. The van der Waals surface area contributed by atoms with E-state index in [1.807, 2.05) is 6.92 Å². The molecule has 16 heavy (non-hydrogen) atoms. The Labute approximate surface area is 96.1 Å². The van der Waals surface area contributed by atoms with E-state index in [0.717, 1.165) is 12.8 Å². The molecule has 5 nitrogen and oxygen atoms in total. The summed E-state index contributed by atoms with van der Waals surface area (Å²) in [6, 6.07) is -0.323. The zero-order chi connectivity index (χ0) is 12.0. The molecule has 0 aromatic heterocycles. The Kier molecular flexibility index (Phi) is 5.42. The first-order valence-corrected chi connectivity index (χ1v) is 5.77. The highest BCUT2D eigenvalue weighted by Crippen LogP contribution is 2.13. The van der Waals surface area contributed by atoms with Crippen LogP contribution < -0.4 is 5.32 Å². The molecule has 0 radical (unpaired) electrons. The number of carbonyl (C=O) groups is 2. The third-order valence-corrected chi connectivity index (χ3v) is 2.61. The zero-order valence-corrected chi connectivity index (χ0v) is 9.99. The summed E-state index contributed by atoms with van der Waals surface area (Å²) in [5.41, 5.74) is 0. The maximum Gasteiger partial charge on any atom is 0.246 e. The standard InChI is InChI=1S/C11H20N2O3/c1-3-6-13-10(14)8-9(11(13)15)12-5-4-7-16-2/h9,12H,3-8H2,1-2H3. The van der Waals surface area contributed by atoms with Crippen molar-refractivity contribution in [2.24, 2.45) is 0 Å². The SMILES string of the molecule is CCCN1C(=O)CC(NCCCOC)C1=O. The van der Waals surface area contributed by atoms with Crippen LogP contribution in [-0.2, 0) is 14.3 Å². The Morgan fingerprint density at radius 1 is 1.50 bits per heavy atom. The van der Waals surface area contributed by atoms with Gasteiger partial charge in [-0.05, 0) is 19.4 Å². The molecule has 2 amide bonds. The van der Waals surface area contributed by atoms with E-state index in [0.29, 0.717) is 26.1 Å². The number of carbonyl (C=O) groups excluding carboxylic acids is 2. The molecule has 1 rings (SSSR count). The van der Waals surface area contributed by atoms with Crippen molar-refractivity contribution in [3.63, 3.8) is 0 Å². The summed E-state index contributed by atoms with van der Waals surface area (Å²) >= 11 is 0. The summed E-state index contributed by atoms with van der Waals surface area (Å²) in [6.45, 7) is 3.87. The largest absolute Gasteiger partial charge is 0.385 e. The number of hydrogen-bond donors (Lipinski definition) is 1. The highest BCUT2D eigenvalue weighted by Gasteiger charge is 2.37. The molecular formula is C11H20N2O3. The highest BCUT2D eigenvalue weighted by atomic mass is 16.5. The molecule has 0 bridgehead atoms. The van der Waals surface area contributed by atoms with E-state index in [2.05, 4.69) is 5.32 Å². The number of rotatable bonds is 7. The second-order valence-corrected chi connectivity index (χ2v) is 3.94. The molecule has 1 fully saturated rings. The number of likely N-dealkylation sites (tertiary alicyclic amines) is 1. The van der Waals surface area contributed by atoms with Crippen molar-refractivity contribution in [1.82, 2.24) is 10.2 Å². The molecule has 0 spiro atoms. The minimum Gasteiger partial charge on any atom is -0.385 e. The maximum atomic E-state index is 11.8. The van der Waals surface area contributed by atoms with Gasteiger partial charge >= 0.3 is 0 Å². The van der Waals surface area contributed by atoms with Crippen molar-refractivity contribution in [3.05, 3.63) is 0 Å². The van der Waals surface area contributed by atoms with E-state index in [4.69, 9.17) is 4.74 Å². The third-order valence-electron chi connectivity index (χ3n) is 2.61. The summed E-state index contributed by atoms with van der Waals surface area (Å²) < 4.78 is 4.91. The first kappa shape index (κ1) is 13.1. The van der Waals surface area contributed by atoms with Gasteiger partial charge in [-0.1, -0.05) is 6.92 Å². The van der Waals surface area contributed by atoms with Gasteiger partial charge in [-0.3, -0.25) is 14.5 Å². The average molecular weight is 228 g/mol. The fraction of sp³-hybridized carbons (Fsp3) is 0.818. The van der Waals surface area contributed by atoms with Crippen molar-refractivity contribution in [2.75, 3.05) is 26.8 Å². The molecule has 0 aromatic rings. The van der Waals surface area contributed by atoms with Crippen molar-refractivity contribution < 1.29 is 14.3 Å². The minimum atomic E-state index is -0.323. The van der Waals surface area contributed by atoms with Crippen LogP contribution >= 0.6 is 0 Å². The lowest BCUT2D eigenvalue weighted by atomic mass is 10.2. The Morgan fingerprint density at radius 2 is 2.25 bits per heavy atom. The lowest BCUT2D eigenvalue weighted by Crippen LogP contribution is -2.39. The lowest BCUT2D eigenvalue weighted by Gasteiger charge is -2.14. The van der Waals surface area contributed by atoms with Crippen LogP contribution in [0, 0.1) is 0 Å². The van der Waals surface area contributed by atoms with Crippen LogP contribution in [0.15, 0.2) is 0 Å². The van der Waals surface area contributed by atoms with Crippen molar-refractivity contribution in [3.8, 4) is 0 Å². The van der Waals surface area contributed by atoms with Gasteiger partial charge in [0.25, 0.3) is 0 Å². The fourth-order valence-corrected chi connectivity index (χ4v) is 1.79. The van der Waals surface area contributed by atoms with Gasteiger partial charge in [0.1, 0.15) is 0 Å². The van der Waals surface area contributed by atoms with E-state index in [-0.39, 0.29) is 17.9 Å². The van der Waals surface area contributed by atoms with Crippen molar-refractivity contribution >= 4 is 11.8 Å². The van der Waals surface area contributed by atoms with Gasteiger partial charge in [0.2, 0.25) is 11.8 Å². The summed E-state index contributed by atoms with van der Waals surface area (Å²) in [7, 11) is 1.65. The maximum absolute atomic E-state index is 11.8. The van der Waals surface area contributed by atoms with Crippen LogP contribution in [0.25, 0.3) is 0 Å². The van der Waals surface area contributed by atoms with E-state index in [1.165, 1.54) is 4.90 Å². The van der Waals surface area contributed by atoms with Gasteiger partial charge in [0.15, 0.2) is 0 Å². The molecule has 1 aliphatic heterocycles. The number of methoxy groups -OCH3 is 1. The van der Waals surface area contributed by atoms with Crippen LogP contribution in [0.1, 0.15) is 26.2 Å². The summed E-state index contributed by atoms with van der Waals surface area (Å²) in [4.78, 5) is 24.7. The number of amides is 2. The molecule has 1 aliphatic rings. The van der Waals surface area contributed by atoms with Crippen LogP contribution in [0.2, 0.25) is 0 Å². The zero-order valence-electron chi connectivity index (χ0n) is 9.99. The van der Waals surface area contributed by atoms with E-state index in [1.54, 1.807) is 7.11 Å². The van der Waals surface area contributed by atoms with Crippen molar-refractivity contribution in [1.29, 1.82) is 0 Å². The molecular weight excluding hydrogens is 208 g/mol. The van der Waals surface area contributed by atoms with Gasteiger partial charge in [-0.25, -0.2) is 0 Å². The molecule has 5 heteroatoms. The molecule has 1 atom stereocenters. The lowest BCUT2D eigenvalue weighted by molar-refractivity contribution is -0.138. The van der Waals surface area contributed by atoms with E-state index < -0.39 is 0 Å². The molecule has 0 saturated carbocycles. The molecule has 92 valence electrons. The van der Waals surface area contributed by atoms with Gasteiger partial charge in [-0.15, -0.1) is 0 Å². The summed E-state index contributed by atoms with van der Waals surface area (Å²) in [5, 5.41) is 3.09. The highest BCUT2D eigenvalue weighted by molar-refractivity contribution is 6.05. The number of nitrogens with zero attached hydrogens (tertiary/aromatic N) is 1. The average Bonchev–Trinajstić information content (AvgIpc) is 2.53. The van der Waals surface area contributed by atoms with Crippen molar-refractivity contribution in [2.45, 2.75) is 32.2 Å².